The molecule has 30 heavy (non-hydrogen) atoms. The summed E-state index contributed by atoms with van der Waals surface area (Å²) in [6.07, 6.45) is 1.51. The Morgan fingerprint density at radius 3 is 2.77 bits per heavy atom. The lowest BCUT2D eigenvalue weighted by atomic mass is 9.79. The van der Waals surface area contributed by atoms with Crippen molar-refractivity contribution in [1.82, 2.24) is 5.32 Å². The Bertz CT molecular complexity index is 1010. The number of esters is 1. The first-order chi connectivity index (χ1) is 14.4. The molecule has 2 bridgehead atoms. The molecule has 3 atom stereocenters. The number of carbonyl (C=O) groups is 1. The molecule has 0 spiro atoms. The monoisotopic (exact) mass is 428 g/mol. The van der Waals surface area contributed by atoms with E-state index in [-0.39, 0.29) is 12.4 Å². The van der Waals surface area contributed by atoms with Crippen molar-refractivity contribution in [2.75, 3.05) is 18.6 Å². The fourth-order valence-electron chi connectivity index (χ4n) is 4.10. The molecule has 2 aliphatic heterocycles. The van der Waals surface area contributed by atoms with Crippen molar-refractivity contribution in [3.05, 3.63) is 66.5 Å². The Hall–Kier alpha value is -3.13. The summed E-state index contributed by atoms with van der Waals surface area (Å²) in [5.41, 5.74) is 0.0771. The minimum atomic E-state index is -1.25. The van der Waals surface area contributed by atoms with Gasteiger partial charge in [0.1, 0.15) is 18.3 Å². The molecule has 1 fully saturated rings. The molecule has 0 unspecified atom stereocenters. The summed E-state index contributed by atoms with van der Waals surface area (Å²) in [6, 6.07) is 10.8. The third-order valence-corrected chi connectivity index (χ3v) is 5.69. The fraction of sp³-hybridized carbons (Fsp3) is 0.273. The van der Waals surface area contributed by atoms with Gasteiger partial charge in [-0.3, -0.25) is 9.69 Å². The SMILES string of the molecule is C=CCOC(=O)[C@H]1[C@H]2NC(=S)N(c3ccc(F)cc3)[C@@]1(C)Oc1c(OC)cccc12. The Morgan fingerprint density at radius 1 is 1.37 bits per heavy atom. The highest BCUT2D eigenvalue weighted by atomic mass is 32.1. The van der Waals surface area contributed by atoms with Crippen molar-refractivity contribution in [3.8, 4) is 11.5 Å². The van der Waals surface area contributed by atoms with E-state index in [4.69, 9.17) is 26.4 Å². The van der Waals surface area contributed by atoms with E-state index in [9.17, 15) is 9.18 Å². The molecule has 4 rings (SSSR count). The maximum atomic E-state index is 13.5. The Balaban J connectivity index is 1.89. The topological polar surface area (TPSA) is 60.0 Å². The van der Waals surface area contributed by atoms with Crippen LogP contribution < -0.4 is 19.7 Å². The number of fused-ring (bicyclic) bond motifs is 4. The second-order valence-corrected chi connectivity index (χ2v) is 7.56. The van der Waals surface area contributed by atoms with E-state index in [0.29, 0.717) is 22.3 Å². The summed E-state index contributed by atoms with van der Waals surface area (Å²) < 4.78 is 30.9. The number of anilines is 1. The van der Waals surface area contributed by atoms with Crippen molar-refractivity contribution in [3.63, 3.8) is 0 Å². The average Bonchev–Trinajstić information content (AvgIpc) is 2.72. The van der Waals surface area contributed by atoms with Gasteiger partial charge in [-0.25, -0.2) is 4.39 Å². The van der Waals surface area contributed by atoms with Gasteiger partial charge in [0.05, 0.1) is 13.2 Å². The number of para-hydroxylation sites is 1. The first-order valence-corrected chi connectivity index (χ1v) is 9.81. The van der Waals surface area contributed by atoms with Crippen LogP contribution in [0.5, 0.6) is 11.5 Å². The predicted octanol–water partition coefficient (Wildman–Crippen LogP) is 3.72. The molecule has 0 radical (unpaired) electrons. The first-order valence-electron chi connectivity index (χ1n) is 9.40. The molecule has 2 aliphatic rings. The van der Waals surface area contributed by atoms with Gasteiger partial charge in [0.2, 0.25) is 5.72 Å². The van der Waals surface area contributed by atoms with Gasteiger partial charge in [-0.2, -0.15) is 0 Å². The van der Waals surface area contributed by atoms with E-state index in [1.807, 2.05) is 12.1 Å². The highest BCUT2D eigenvalue weighted by Crippen LogP contribution is 2.52. The molecule has 0 amide bonds. The van der Waals surface area contributed by atoms with E-state index in [1.54, 1.807) is 37.1 Å². The molecule has 2 heterocycles. The molecule has 0 saturated carbocycles. The van der Waals surface area contributed by atoms with Gasteiger partial charge in [0.25, 0.3) is 0 Å². The Labute approximate surface area is 179 Å². The van der Waals surface area contributed by atoms with Crippen LogP contribution >= 0.6 is 12.2 Å². The van der Waals surface area contributed by atoms with Crippen molar-refractivity contribution >= 4 is 29.0 Å². The highest BCUT2D eigenvalue weighted by Gasteiger charge is 2.60. The molecule has 2 aromatic rings. The van der Waals surface area contributed by atoms with Crippen molar-refractivity contribution in [2.24, 2.45) is 5.92 Å². The van der Waals surface area contributed by atoms with Crippen LogP contribution in [-0.2, 0) is 9.53 Å². The molecule has 1 N–H and O–H groups in total. The number of rotatable bonds is 5. The van der Waals surface area contributed by atoms with Crippen molar-refractivity contribution in [1.29, 1.82) is 0 Å². The van der Waals surface area contributed by atoms with Gasteiger partial charge in [-0.15, -0.1) is 0 Å². The molecular weight excluding hydrogens is 407 g/mol. The summed E-state index contributed by atoms with van der Waals surface area (Å²) in [4.78, 5) is 14.8. The summed E-state index contributed by atoms with van der Waals surface area (Å²) in [6.45, 7) is 5.44. The normalized spacial score (nSPS) is 24.2. The maximum Gasteiger partial charge on any atom is 0.317 e. The molecule has 0 aliphatic carbocycles. The van der Waals surface area contributed by atoms with E-state index in [1.165, 1.54) is 18.2 Å². The number of carbonyl (C=O) groups excluding carboxylic acids is 1. The van der Waals surface area contributed by atoms with E-state index < -0.39 is 23.7 Å². The van der Waals surface area contributed by atoms with Crippen LogP contribution in [0.2, 0.25) is 0 Å². The molecule has 1 saturated heterocycles. The minimum Gasteiger partial charge on any atom is -0.493 e. The van der Waals surface area contributed by atoms with Crippen LogP contribution in [0.4, 0.5) is 10.1 Å². The van der Waals surface area contributed by atoms with Crippen LogP contribution in [0.3, 0.4) is 0 Å². The number of nitrogens with zero attached hydrogens (tertiary/aromatic N) is 1. The van der Waals surface area contributed by atoms with Crippen molar-refractivity contribution in [2.45, 2.75) is 18.7 Å². The van der Waals surface area contributed by atoms with Crippen LogP contribution in [0, 0.1) is 11.7 Å². The fourth-order valence-corrected chi connectivity index (χ4v) is 4.51. The summed E-state index contributed by atoms with van der Waals surface area (Å²) in [5.74, 6) is -0.555. The quantitative estimate of drug-likeness (QED) is 0.442. The minimum absolute atomic E-state index is 0.0735. The molecular formula is C22H21FN2O4S. The van der Waals surface area contributed by atoms with Gasteiger partial charge in [-0.05, 0) is 49.5 Å². The summed E-state index contributed by atoms with van der Waals surface area (Å²) in [5, 5.41) is 3.61. The summed E-state index contributed by atoms with van der Waals surface area (Å²) in [7, 11) is 1.55. The molecule has 2 aromatic carbocycles. The first kappa shape index (κ1) is 20.2. The standard InChI is InChI=1S/C22H21FN2O4S/c1-4-12-28-20(26)17-18-15-6-5-7-16(27-3)19(15)29-22(17,2)25(21(30)24-18)14-10-8-13(23)9-11-14/h4-11,17-18H,1,12H2,2-3H3,(H,24,30)/t17-,18+,22+/m1/s1. The average molecular weight is 428 g/mol. The van der Waals surface area contributed by atoms with Crippen LogP contribution in [-0.4, -0.2) is 30.5 Å². The number of hydrogen-bond donors (Lipinski definition) is 1. The zero-order valence-corrected chi connectivity index (χ0v) is 17.4. The maximum absolute atomic E-state index is 13.5. The zero-order valence-electron chi connectivity index (χ0n) is 16.6. The number of ether oxygens (including phenoxy) is 3. The van der Waals surface area contributed by atoms with E-state index in [0.717, 1.165) is 5.56 Å². The highest BCUT2D eigenvalue weighted by molar-refractivity contribution is 7.80. The smallest absolute Gasteiger partial charge is 0.317 e. The summed E-state index contributed by atoms with van der Waals surface area (Å²) >= 11 is 5.63. The second-order valence-electron chi connectivity index (χ2n) is 7.17. The largest absolute Gasteiger partial charge is 0.493 e. The number of hydrogen-bond acceptors (Lipinski definition) is 5. The Morgan fingerprint density at radius 2 is 2.10 bits per heavy atom. The van der Waals surface area contributed by atoms with Gasteiger partial charge >= 0.3 is 5.97 Å². The molecule has 6 nitrogen and oxygen atoms in total. The lowest BCUT2D eigenvalue weighted by Gasteiger charge is -2.55. The van der Waals surface area contributed by atoms with Gasteiger partial charge in [0, 0.05) is 11.3 Å². The number of halogens is 1. The third-order valence-electron chi connectivity index (χ3n) is 5.39. The van der Waals surface area contributed by atoms with Crippen LogP contribution in [0.25, 0.3) is 0 Å². The third kappa shape index (κ3) is 3.08. The molecule has 0 aromatic heterocycles. The number of nitrogens with one attached hydrogen (secondary N) is 1. The second kappa shape index (κ2) is 7.60. The van der Waals surface area contributed by atoms with Crippen molar-refractivity contribution < 1.29 is 23.4 Å². The van der Waals surface area contributed by atoms with Gasteiger partial charge < -0.3 is 19.5 Å². The zero-order chi connectivity index (χ0) is 21.5. The number of thiocarbonyl (C=S) groups is 1. The lowest BCUT2D eigenvalue weighted by Crippen LogP contribution is -2.71. The van der Waals surface area contributed by atoms with E-state index in [2.05, 4.69) is 11.9 Å². The predicted molar refractivity (Wildman–Crippen MR) is 114 cm³/mol. The Kier molecular flexibility index (Phi) is 5.11. The number of benzene rings is 2. The molecule has 8 heteroatoms. The lowest BCUT2D eigenvalue weighted by molar-refractivity contribution is -0.159. The van der Waals surface area contributed by atoms with Gasteiger partial charge in [-0.1, -0.05) is 24.8 Å². The van der Waals surface area contributed by atoms with Crippen LogP contribution in [0.1, 0.15) is 18.5 Å². The number of methoxy groups -OCH3 is 1. The van der Waals surface area contributed by atoms with E-state index >= 15 is 0 Å². The van der Waals surface area contributed by atoms with Gasteiger partial charge in [0.15, 0.2) is 16.6 Å². The molecule has 156 valence electrons. The van der Waals surface area contributed by atoms with Crippen LogP contribution in [0.15, 0.2) is 55.1 Å².